The molecule has 0 aliphatic rings. The van der Waals surface area contributed by atoms with Gasteiger partial charge in [-0.1, -0.05) is 84.8 Å². The highest BCUT2D eigenvalue weighted by molar-refractivity contribution is 5.55. The summed E-state index contributed by atoms with van der Waals surface area (Å²) in [5, 5.41) is 0. The topological polar surface area (TPSA) is 0 Å². The van der Waals surface area contributed by atoms with Crippen molar-refractivity contribution in [3.05, 3.63) is 106 Å². The van der Waals surface area contributed by atoms with Crippen LogP contribution >= 0.6 is 0 Å². The van der Waals surface area contributed by atoms with E-state index in [9.17, 15) is 0 Å². The lowest BCUT2D eigenvalue weighted by atomic mass is 9.65. The van der Waals surface area contributed by atoms with Crippen molar-refractivity contribution in [1.82, 2.24) is 0 Å². The van der Waals surface area contributed by atoms with Crippen LogP contribution in [0, 0.1) is 27.7 Å². The molecule has 3 rings (SSSR count). The first-order valence-corrected chi connectivity index (χ1v) is 9.20. The zero-order valence-corrected chi connectivity index (χ0v) is 16.1. The molecule has 1 atom stereocenters. The lowest BCUT2D eigenvalue weighted by Crippen LogP contribution is -2.30. The van der Waals surface area contributed by atoms with Crippen LogP contribution in [-0.4, -0.2) is 0 Å². The molecule has 3 aromatic rings. The van der Waals surface area contributed by atoms with Gasteiger partial charge in [-0.15, -0.1) is 0 Å². The number of benzene rings is 3. The average Bonchev–Trinajstić information content (AvgIpc) is 2.61. The number of hydrogen-bond donors (Lipinski definition) is 0. The van der Waals surface area contributed by atoms with Crippen LogP contribution in [0.25, 0.3) is 0 Å². The van der Waals surface area contributed by atoms with E-state index >= 15 is 0 Å². The van der Waals surface area contributed by atoms with Crippen molar-refractivity contribution in [3.8, 4) is 0 Å². The molecule has 0 amide bonds. The fourth-order valence-corrected chi connectivity index (χ4v) is 4.13. The predicted molar refractivity (Wildman–Crippen MR) is 108 cm³/mol. The summed E-state index contributed by atoms with van der Waals surface area (Å²) >= 11 is 0. The third kappa shape index (κ3) is 3.02. The molecule has 0 radical (unpaired) electrons. The standard InChI is InChI=1S/C25H28/c1-6-25(22-15-12-18(2)13-16-22,23-10-8-7-9-20(23)4)24-17-19(3)11-14-21(24)5/h7-17H,6H2,1-5H3. The highest BCUT2D eigenvalue weighted by atomic mass is 14.4. The minimum absolute atomic E-state index is 0.116. The predicted octanol–water partition coefficient (Wildman–Crippen LogP) is 6.66. The van der Waals surface area contributed by atoms with Crippen molar-refractivity contribution in [2.24, 2.45) is 0 Å². The van der Waals surface area contributed by atoms with Gasteiger partial charge in [0.25, 0.3) is 0 Å². The zero-order chi connectivity index (χ0) is 18.0. The minimum Gasteiger partial charge on any atom is -0.0639 e. The van der Waals surface area contributed by atoms with E-state index in [0.717, 1.165) is 6.42 Å². The molecule has 0 spiro atoms. The Morgan fingerprint density at radius 2 is 1.24 bits per heavy atom. The van der Waals surface area contributed by atoms with Crippen LogP contribution in [0.5, 0.6) is 0 Å². The van der Waals surface area contributed by atoms with Gasteiger partial charge >= 0.3 is 0 Å². The van der Waals surface area contributed by atoms with Crippen molar-refractivity contribution < 1.29 is 0 Å². The highest BCUT2D eigenvalue weighted by Gasteiger charge is 2.36. The minimum atomic E-state index is -0.116. The van der Waals surface area contributed by atoms with Gasteiger partial charge in [0.2, 0.25) is 0 Å². The molecule has 1 unspecified atom stereocenters. The first-order chi connectivity index (χ1) is 12.0. The van der Waals surface area contributed by atoms with Crippen LogP contribution in [0.3, 0.4) is 0 Å². The van der Waals surface area contributed by atoms with Crippen LogP contribution in [0.1, 0.15) is 52.3 Å². The first kappa shape index (κ1) is 17.5. The molecule has 0 fully saturated rings. The van der Waals surface area contributed by atoms with Gasteiger partial charge in [-0.25, -0.2) is 0 Å². The summed E-state index contributed by atoms with van der Waals surface area (Å²) in [5.74, 6) is 0. The smallest absolute Gasteiger partial charge is 0.0454 e. The molecule has 0 heterocycles. The van der Waals surface area contributed by atoms with E-state index in [2.05, 4.69) is 101 Å². The summed E-state index contributed by atoms with van der Waals surface area (Å²) in [5.41, 5.74) is 9.43. The molecule has 0 N–H and O–H groups in total. The molecule has 0 aliphatic heterocycles. The van der Waals surface area contributed by atoms with Crippen LogP contribution in [0.4, 0.5) is 0 Å². The van der Waals surface area contributed by atoms with E-state index in [1.165, 1.54) is 38.9 Å². The van der Waals surface area contributed by atoms with Gasteiger partial charge in [-0.05, 0) is 61.9 Å². The lowest BCUT2D eigenvalue weighted by Gasteiger charge is -2.37. The maximum atomic E-state index is 2.38. The van der Waals surface area contributed by atoms with Crippen LogP contribution in [-0.2, 0) is 5.41 Å². The molecule has 0 heteroatoms. The van der Waals surface area contributed by atoms with Crippen molar-refractivity contribution in [1.29, 1.82) is 0 Å². The largest absolute Gasteiger partial charge is 0.0639 e. The van der Waals surface area contributed by atoms with Crippen molar-refractivity contribution in [2.45, 2.75) is 46.5 Å². The Hall–Kier alpha value is -2.34. The lowest BCUT2D eigenvalue weighted by molar-refractivity contribution is 0.586. The fraction of sp³-hybridized carbons (Fsp3) is 0.280. The van der Waals surface area contributed by atoms with E-state index < -0.39 is 0 Å². The van der Waals surface area contributed by atoms with Gasteiger partial charge in [0.1, 0.15) is 0 Å². The van der Waals surface area contributed by atoms with Crippen LogP contribution < -0.4 is 0 Å². The van der Waals surface area contributed by atoms with Crippen LogP contribution in [0.2, 0.25) is 0 Å². The highest BCUT2D eigenvalue weighted by Crippen LogP contribution is 2.44. The third-order valence-electron chi connectivity index (χ3n) is 5.53. The molecule has 0 nitrogen and oxygen atoms in total. The maximum Gasteiger partial charge on any atom is 0.0454 e. The second-order valence-corrected chi connectivity index (χ2v) is 7.26. The molecule has 128 valence electrons. The Balaban J connectivity index is 2.40. The molecule has 3 aromatic carbocycles. The number of rotatable bonds is 4. The quantitative estimate of drug-likeness (QED) is 0.469. The molecule has 25 heavy (non-hydrogen) atoms. The second-order valence-electron chi connectivity index (χ2n) is 7.26. The monoisotopic (exact) mass is 328 g/mol. The fourth-order valence-electron chi connectivity index (χ4n) is 4.13. The maximum absolute atomic E-state index is 2.38. The van der Waals surface area contributed by atoms with Gasteiger partial charge in [0.05, 0.1) is 0 Å². The van der Waals surface area contributed by atoms with E-state index in [-0.39, 0.29) is 5.41 Å². The summed E-state index contributed by atoms with van der Waals surface area (Å²) in [4.78, 5) is 0. The van der Waals surface area contributed by atoms with E-state index in [1.54, 1.807) is 0 Å². The Morgan fingerprint density at radius 3 is 1.88 bits per heavy atom. The summed E-state index contributed by atoms with van der Waals surface area (Å²) in [7, 11) is 0. The normalized spacial score (nSPS) is 13.5. The van der Waals surface area contributed by atoms with E-state index in [4.69, 9.17) is 0 Å². The molecule has 0 saturated heterocycles. The molecular formula is C25H28. The zero-order valence-electron chi connectivity index (χ0n) is 16.1. The van der Waals surface area contributed by atoms with Crippen LogP contribution in [0.15, 0.2) is 66.7 Å². The number of hydrogen-bond acceptors (Lipinski definition) is 0. The summed E-state index contributed by atoms with van der Waals surface area (Å²) < 4.78 is 0. The average molecular weight is 328 g/mol. The molecular weight excluding hydrogens is 300 g/mol. The third-order valence-corrected chi connectivity index (χ3v) is 5.53. The second kappa shape index (κ2) is 6.88. The van der Waals surface area contributed by atoms with Crippen molar-refractivity contribution in [3.63, 3.8) is 0 Å². The molecule has 0 aliphatic carbocycles. The molecule has 0 bridgehead atoms. The SMILES string of the molecule is CCC(c1ccc(C)cc1)(c1ccccc1C)c1cc(C)ccc1C. The van der Waals surface area contributed by atoms with Gasteiger partial charge < -0.3 is 0 Å². The van der Waals surface area contributed by atoms with Crippen molar-refractivity contribution in [2.75, 3.05) is 0 Å². The van der Waals surface area contributed by atoms with Crippen molar-refractivity contribution >= 4 is 0 Å². The Labute approximate surface area is 152 Å². The van der Waals surface area contributed by atoms with Gasteiger partial charge in [-0.3, -0.25) is 0 Å². The first-order valence-electron chi connectivity index (χ1n) is 9.20. The van der Waals surface area contributed by atoms with Gasteiger partial charge in [0.15, 0.2) is 0 Å². The van der Waals surface area contributed by atoms with E-state index in [1.807, 2.05) is 0 Å². The Kier molecular flexibility index (Phi) is 4.81. The molecule has 0 saturated carbocycles. The summed E-state index contributed by atoms with van der Waals surface area (Å²) in [6.45, 7) is 11.1. The molecule has 0 aromatic heterocycles. The van der Waals surface area contributed by atoms with Gasteiger partial charge in [0, 0.05) is 5.41 Å². The Bertz CT molecular complexity index is 871. The van der Waals surface area contributed by atoms with Gasteiger partial charge in [-0.2, -0.15) is 0 Å². The Morgan fingerprint density at radius 1 is 0.640 bits per heavy atom. The summed E-state index contributed by atoms with van der Waals surface area (Å²) in [6, 6.07) is 24.8. The summed E-state index contributed by atoms with van der Waals surface area (Å²) in [6.07, 6.45) is 1.03. The number of aryl methyl sites for hydroxylation is 4. The van der Waals surface area contributed by atoms with E-state index in [0.29, 0.717) is 0 Å².